The van der Waals surface area contributed by atoms with Crippen LogP contribution in [0.3, 0.4) is 0 Å². The van der Waals surface area contributed by atoms with Crippen molar-refractivity contribution in [3.05, 3.63) is 40.9 Å². The highest BCUT2D eigenvalue weighted by molar-refractivity contribution is 7.13. The highest BCUT2D eigenvalue weighted by atomic mass is 32.1. The van der Waals surface area contributed by atoms with Gasteiger partial charge in [0.2, 0.25) is 0 Å². The van der Waals surface area contributed by atoms with Gasteiger partial charge in [-0.25, -0.2) is 14.6 Å². The fourth-order valence-corrected chi connectivity index (χ4v) is 4.29. The van der Waals surface area contributed by atoms with Crippen molar-refractivity contribution in [3.63, 3.8) is 0 Å². The molecule has 34 heavy (non-hydrogen) atoms. The molecular weight excluding hydrogens is 460 g/mol. The molecule has 3 amide bonds. The minimum absolute atomic E-state index is 0.0394. The molecule has 0 spiro atoms. The summed E-state index contributed by atoms with van der Waals surface area (Å²) in [6, 6.07) is 5.48. The lowest BCUT2D eigenvalue weighted by Gasteiger charge is -2.30. The molecule has 3 atom stereocenters. The topological polar surface area (TPSA) is 119 Å². The zero-order chi connectivity index (χ0) is 24.7. The number of nitrogens with zero attached hydrogens (tertiary/aromatic N) is 2. The number of carbonyl (C=O) groups excluding carboxylic acids is 3. The van der Waals surface area contributed by atoms with E-state index < -0.39 is 24.1 Å². The van der Waals surface area contributed by atoms with Crippen molar-refractivity contribution in [1.29, 1.82) is 0 Å². The summed E-state index contributed by atoms with van der Waals surface area (Å²) < 4.78 is 15.2. The second-order valence-corrected chi connectivity index (χ2v) is 8.72. The number of esters is 1. The number of anilines is 1. The van der Waals surface area contributed by atoms with Gasteiger partial charge in [-0.05, 0) is 23.6 Å². The van der Waals surface area contributed by atoms with Gasteiger partial charge < -0.3 is 24.8 Å². The van der Waals surface area contributed by atoms with Crippen LogP contribution in [0.2, 0.25) is 0 Å². The molecular formula is C23H30N4O6S. The number of hydrogen-bond acceptors (Lipinski definition) is 9. The van der Waals surface area contributed by atoms with Crippen molar-refractivity contribution in [3.8, 4) is 5.75 Å². The summed E-state index contributed by atoms with van der Waals surface area (Å²) in [6.07, 6.45) is 0.771. The first kappa shape index (κ1) is 25.4. The molecule has 11 heteroatoms. The lowest BCUT2D eigenvalue weighted by molar-refractivity contribution is -0.129. The molecule has 1 saturated heterocycles. The minimum Gasteiger partial charge on any atom is -0.491 e. The number of benzene rings is 1. The third-order valence-corrected chi connectivity index (χ3v) is 6.53. The second-order valence-electron chi connectivity index (χ2n) is 7.86. The maximum absolute atomic E-state index is 13.3. The summed E-state index contributed by atoms with van der Waals surface area (Å²) in [4.78, 5) is 43.3. The quantitative estimate of drug-likeness (QED) is 0.265. The zero-order valence-corrected chi connectivity index (χ0v) is 20.5. The molecule has 1 aliphatic rings. The van der Waals surface area contributed by atoms with E-state index in [0.717, 1.165) is 6.42 Å². The molecule has 1 aliphatic heterocycles. The van der Waals surface area contributed by atoms with Gasteiger partial charge in [0.25, 0.3) is 5.91 Å². The van der Waals surface area contributed by atoms with Crippen molar-refractivity contribution < 1.29 is 28.6 Å². The van der Waals surface area contributed by atoms with Crippen LogP contribution in [0.4, 0.5) is 9.93 Å². The molecule has 1 aromatic heterocycles. The van der Waals surface area contributed by atoms with Crippen molar-refractivity contribution in [2.24, 2.45) is 5.92 Å². The van der Waals surface area contributed by atoms with E-state index in [1.807, 2.05) is 13.8 Å². The van der Waals surface area contributed by atoms with Gasteiger partial charge >= 0.3 is 12.0 Å². The normalized spacial score (nSPS) is 17.3. The van der Waals surface area contributed by atoms with Crippen LogP contribution >= 0.6 is 11.3 Å². The van der Waals surface area contributed by atoms with E-state index in [4.69, 9.17) is 9.47 Å². The number of methoxy groups -OCH3 is 2. The Morgan fingerprint density at radius 1 is 1.24 bits per heavy atom. The number of hydrogen-bond donors (Lipinski definition) is 2. The van der Waals surface area contributed by atoms with Gasteiger partial charge in [0.05, 0.1) is 19.8 Å². The highest BCUT2D eigenvalue weighted by Gasteiger charge is 2.44. The van der Waals surface area contributed by atoms with Crippen molar-refractivity contribution in [2.45, 2.75) is 32.4 Å². The molecule has 0 saturated carbocycles. The predicted molar refractivity (Wildman–Crippen MR) is 127 cm³/mol. The fraction of sp³-hybridized carbons (Fsp3) is 0.478. The first-order valence-electron chi connectivity index (χ1n) is 11.0. The molecule has 2 N–H and O–H groups in total. The fourth-order valence-electron chi connectivity index (χ4n) is 3.60. The lowest BCUT2D eigenvalue weighted by Crippen LogP contribution is -2.48. The Kier molecular flexibility index (Phi) is 8.83. The van der Waals surface area contributed by atoms with E-state index in [1.165, 1.54) is 23.3 Å². The molecule has 184 valence electrons. The number of rotatable bonds is 12. The smallest absolute Gasteiger partial charge is 0.357 e. The van der Waals surface area contributed by atoms with Gasteiger partial charge in [0.1, 0.15) is 18.4 Å². The number of carbonyl (C=O) groups is 3. The number of ether oxygens (including phenoxy) is 3. The molecule has 0 bridgehead atoms. The SMILES string of the molecule is CC[C@H](C)[C@@H](CNc1nc(C(=O)OC)cs1)N1C(=O)N[C@H](c2ccc(OCCOC)cc2)C1=O. The summed E-state index contributed by atoms with van der Waals surface area (Å²) >= 11 is 1.26. The molecule has 2 aromatic rings. The minimum atomic E-state index is -0.766. The van der Waals surface area contributed by atoms with Crippen molar-refractivity contribution in [2.75, 3.05) is 39.3 Å². The molecule has 0 radical (unpaired) electrons. The summed E-state index contributed by atoms with van der Waals surface area (Å²) in [6.45, 7) is 5.21. The van der Waals surface area contributed by atoms with E-state index in [2.05, 4.69) is 20.4 Å². The summed E-state index contributed by atoms with van der Waals surface area (Å²) in [7, 11) is 2.90. The molecule has 1 fully saturated rings. The average Bonchev–Trinajstić information content (AvgIpc) is 3.44. The van der Waals surface area contributed by atoms with Gasteiger partial charge in [-0.1, -0.05) is 32.4 Å². The molecule has 10 nitrogen and oxygen atoms in total. The van der Waals surface area contributed by atoms with E-state index in [9.17, 15) is 14.4 Å². The number of nitrogens with one attached hydrogen (secondary N) is 2. The van der Waals surface area contributed by atoms with Gasteiger partial charge in [0.15, 0.2) is 10.8 Å². The van der Waals surface area contributed by atoms with Crippen LogP contribution in [0, 0.1) is 5.92 Å². The Balaban J connectivity index is 1.71. The van der Waals surface area contributed by atoms with Crippen LogP contribution in [0.15, 0.2) is 29.6 Å². The van der Waals surface area contributed by atoms with Crippen LogP contribution in [-0.2, 0) is 14.3 Å². The van der Waals surface area contributed by atoms with E-state index >= 15 is 0 Å². The molecule has 3 rings (SSSR count). The highest BCUT2D eigenvalue weighted by Crippen LogP contribution is 2.28. The third kappa shape index (κ3) is 5.84. The zero-order valence-electron chi connectivity index (χ0n) is 19.7. The Bertz CT molecular complexity index is 996. The van der Waals surface area contributed by atoms with Gasteiger partial charge in [-0.15, -0.1) is 11.3 Å². The maximum atomic E-state index is 13.3. The van der Waals surface area contributed by atoms with Crippen LogP contribution in [0.1, 0.15) is 42.4 Å². The van der Waals surface area contributed by atoms with Crippen LogP contribution in [0.25, 0.3) is 0 Å². The number of urea groups is 1. The van der Waals surface area contributed by atoms with E-state index in [0.29, 0.717) is 36.2 Å². The van der Waals surface area contributed by atoms with Gasteiger partial charge in [-0.2, -0.15) is 0 Å². The van der Waals surface area contributed by atoms with Crippen molar-refractivity contribution >= 4 is 34.4 Å². The van der Waals surface area contributed by atoms with Gasteiger partial charge in [0, 0.05) is 19.0 Å². The first-order chi connectivity index (χ1) is 16.4. The van der Waals surface area contributed by atoms with Crippen LogP contribution in [-0.4, -0.2) is 67.8 Å². The number of thiazole rings is 1. The lowest BCUT2D eigenvalue weighted by atomic mass is 9.97. The average molecular weight is 491 g/mol. The Labute approximate surface area is 202 Å². The van der Waals surface area contributed by atoms with Gasteiger partial charge in [-0.3, -0.25) is 9.69 Å². The Hall–Kier alpha value is -3.18. The number of aromatic nitrogens is 1. The van der Waals surface area contributed by atoms with E-state index in [1.54, 1.807) is 36.8 Å². The number of imide groups is 1. The molecule has 1 aromatic carbocycles. The third-order valence-electron chi connectivity index (χ3n) is 5.73. The van der Waals surface area contributed by atoms with E-state index in [-0.39, 0.29) is 17.5 Å². The largest absolute Gasteiger partial charge is 0.491 e. The van der Waals surface area contributed by atoms with Crippen LogP contribution in [0.5, 0.6) is 5.75 Å². The molecule has 2 heterocycles. The Morgan fingerprint density at radius 3 is 2.62 bits per heavy atom. The summed E-state index contributed by atoms with van der Waals surface area (Å²) in [5.41, 5.74) is 0.887. The van der Waals surface area contributed by atoms with Crippen molar-refractivity contribution in [1.82, 2.24) is 15.2 Å². The molecule has 0 unspecified atom stereocenters. The summed E-state index contributed by atoms with van der Waals surface area (Å²) in [5.74, 6) is -0.127. The standard InChI is InChI=1S/C23H30N4O6S/c1-5-14(2)18(12-24-22-25-17(13-34-22)21(29)32-4)27-20(28)19(26-23(27)30)15-6-8-16(9-7-15)33-11-10-31-3/h6-9,13-14,18-19H,5,10-12H2,1-4H3,(H,24,25)(H,26,30)/t14-,18+,19+/m0/s1. The number of amides is 3. The van der Waals surface area contributed by atoms with Crippen LogP contribution < -0.4 is 15.4 Å². The first-order valence-corrected chi connectivity index (χ1v) is 11.9. The maximum Gasteiger partial charge on any atom is 0.357 e. The monoisotopic (exact) mass is 490 g/mol. The molecule has 0 aliphatic carbocycles. The summed E-state index contributed by atoms with van der Waals surface area (Å²) in [5, 5.41) is 8.07. The second kappa shape index (κ2) is 11.8. The predicted octanol–water partition coefficient (Wildman–Crippen LogP) is 3.07. The Morgan fingerprint density at radius 2 is 1.97 bits per heavy atom.